The van der Waals surface area contributed by atoms with E-state index >= 15 is 0 Å². The summed E-state index contributed by atoms with van der Waals surface area (Å²) in [5.41, 5.74) is 0. The fraction of sp³-hybridized carbons (Fsp3) is 0.500. The van der Waals surface area contributed by atoms with Crippen molar-refractivity contribution in [1.29, 1.82) is 0 Å². The monoisotopic (exact) mass is 229 g/mol. The molecule has 7 nitrogen and oxygen atoms in total. The summed E-state index contributed by atoms with van der Waals surface area (Å²) in [5.74, 6) is -4.12. The molecule has 77 valence electrons. The van der Waals surface area contributed by atoms with Crippen LogP contribution in [0.25, 0.3) is 0 Å². The second kappa shape index (κ2) is 7.01. The van der Waals surface area contributed by atoms with E-state index in [9.17, 15) is 19.8 Å². The molecule has 0 aliphatic heterocycles. The summed E-state index contributed by atoms with van der Waals surface area (Å²) in [7, 11) is 0. The van der Waals surface area contributed by atoms with E-state index in [1.54, 1.807) is 0 Å². The number of hydrogen-bond donors (Lipinski definition) is 2. The third kappa shape index (κ3) is 5.05. The van der Waals surface area contributed by atoms with Crippen molar-refractivity contribution < 1.29 is 52.6 Å². The maximum Gasteiger partial charge on any atom is 0.124 e. The molecule has 0 rings (SSSR count). The van der Waals surface area contributed by atoms with Gasteiger partial charge in [-0.2, -0.15) is 0 Å². The zero-order valence-corrected chi connectivity index (χ0v) is 6.43. The summed E-state index contributed by atoms with van der Waals surface area (Å²) >= 11 is 0. The molecule has 0 heterocycles. The molecule has 8 heteroatoms. The molecule has 0 fully saturated rings. The van der Waals surface area contributed by atoms with Crippen molar-refractivity contribution in [2.75, 3.05) is 0 Å². The van der Waals surface area contributed by atoms with Gasteiger partial charge >= 0.3 is 0 Å². The van der Waals surface area contributed by atoms with Gasteiger partial charge in [-0.15, -0.1) is 0 Å². The van der Waals surface area contributed by atoms with E-state index in [2.05, 4.69) is 0 Å². The minimum atomic E-state index is -2.44. The average Bonchev–Trinajstić information content (AvgIpc) is 1.84. The van der Waals surface area contributed by atoms with Gasteiger partial charge in [-0.3, -0.25) is 0 Å². The second-order valence-corrected chi connectivity index (χ2v) is 1.53. The van der Waals surface area contributed by atoms with Gasteiger partial charge in [0.2, 0.25) is 0 Å². The van der Waals surface area contributed by atoms with E-state index in [0.29, 0.717) is 0 Å². The van der Waals surface area contributed by atoms with Gasteiger partial charge in [0.1, 0.15) is 12.2 Å². The number of carbonyl (C=O) groups is 2. The summed E-state index contributed by atoms with van der Waals surface area (Å²) in [6, 6.07) is 0. The van der Waals surface area contributed by atoms with Crippen LogP contribution in [0.15, 0.2) is 0 Å². The van der Waals surface area contributed by atoms with Crippen molar-refractivity contribution in [1.82, 2.24) is 0 Å². The number of carbonyl (C=O) groups excluding carboxylic acids is 2. The Morgan fingerprint density at radius 3 is 1.25 bits per heavy atom. The molecule has 0 saturated heterocycles. The van der Waals surface area contributed by atoms with Gasteiger partial charge < -0.3 is 35.5 Å². The van der Waals surface area contributed by atoms with Crippen LogP contribution < -0.4 is 10.2 Å². The average molecular weight is 230 g/mol. The molecular formula is C4H6CuO7-2. The van der Waals surface area contributed by atoms with E-state index in [4.69, 9.17) is 10.2 Å². The van der Waals surface area contributed by atoms with Crippen molar-refractivity contribution in [2.45, 2.75) is 12.2 Å². The van der Waals surface area contributed by atoms with Gasteiger partial charge in [0, 0.05) is 17.1 Å². The Labute approximate surface area is 77.4 Å². The first-order valence-corrected chi connectivity index (χ1v) is 2.24. The number of aliphatic hydroxyl groups is 2. The van der Waals surface area contributed by atoms with Gasteiger partial charge in [-0.05, 0) is 0 Å². The van der Waals surface area contributed by atoms with Gasteiger partial charge in [-0.25, -0.2) is 0 Å². The molecule has 2 atom stereocenters. The number of aliphatic carboxylic acids is 2. The van der Waals surface area contributed by atoms with Crippen LogP contribution in [0.2, 0.25) is 0 Å². The molecule has 0 aromatic rings. The molecule has 0 bridgehead atoms. The van der Waals surface area contributed by atoms with E-state index in [1.165, 1.54) is 0 Å². The molecular weight excluding hydrogens is 224 g/mol. The van der Waals surface area contributed by atoms with Crippen LogP contribution in [0, 0.1) is 0 Å². The molecule has 0 saturated carbocycles. The van der Waals surface area contributed by atoms with Crippen LogP contribution in [0.4, 0.5) is 0 Å². The second-order valence-electron chi connectivity index (χ2n) is 1.53. The van der Waals surface area contributed by atoms with Crippen LogP contribution in [0.5, 0.6) is 0 Å². The molecule has 2 unspecified atom stereocenters. The van der Waals surface area contributed by atoms with Crippen LogP contribution in [0.3, 0.4) is 0 Å². The SMILES string of the molecule is O.O=C([O-])C(O)C(O)C(=O)[O-].[Cu]. The summed E-state index contributed by atoms with van der Waals surface area (Å²) < 4.78 is 0. The Morgan fingerprint density at radius 2 is 1.17 bits per heavy atom. The quantitative estimate of drug-likeness (QED) is 0.460. The number of carboxylic acid groups (broad SMARTS) is 2. The van der Waals surface area contributed by atoms with Crippen molar-refractivity contribution in [3.05, 3.63) is 0 Å². The van der Waals surface area contributed by atoms with Crippen molar-refractivity contribution >= 4 is 11.9 Å². The minimum absolute atomic E-state index is 0. The Bertz CT molecular complexity index is 139. The third-order valence-corrected chi connectivity index (χ3v) is 0.782. The Kier molecular flexibility index (Phi) is 10.2. The van der Waals surface area contributed by atoms with E-state index in [-0.39, 0.29) is 22.5 Å². The topological polar surface area (TPSA) is 152 Å². The molecule has 0 spiro atoms. The summed E-state index contributed by atoms with van der Waals surface area (Å²) in [5, 5.41) is 35.7. The molecule has 0 aliphatic carbocycles. The van der Waals surface area contributed by atoms with Crippen LogP contribution in [0.1, 0.15) is 0 Å². The maximum absolute atomic E-state index is 9.63. The molecule has 12 heavy (non-hydrogen) atoms. The number of aliphatic hydroxyl groups excluding tert-OH is 2. The zero-order chi connectivity index (χ0) is 8.31. The van der Waals surface area contributed by atoms with Crippen molar-refractivity contribution in [3.8, 4) is 0 Å². The van der Waals surface area contributed by atoms with Crippen LogP contribution >= 0.6 is 0 Å². The van der Waals surface area contributed by atoms with Crippen LogP contribution in [-0.2, 0) is 26.7 Å². The molecule has 0 amide bonds. The van der Waals surface area contributed by atoms with E-state index < -0.39 is 24.1 Å². The Morgan fingerprint density at radius 1 is 1.00 bits per heavy atom. The fourth-order valence-electron chi connectivity index (χ4n) is 0.258. The standard InChI is InChI=1S/C4H6O6.Cu.H2O/c5-1(3(7)8)2(6)4(9)10;;/h1-2,5-6H,(H,7,8)(H,9,10);;1H2/p-2. The number of rotatable bonds is 3. The van der Waals surface area contributed by atoms with Gasteiger partial charge in [-0.1, -0.05) is 0 Å². The van der Waals surface area contributed by atoms with Gasteiger partial charge in [0.15, 0.2) is 0 Å². The molecule has 0 aromatic heterocycles. The van der Waals surface area contributed by atoms with E-state index in [0.717, 1.165) is 0 Å². The van der Waals surface area contributed by atoms with Crippen LogP contribution in [-0.4, -0.2) is 39.8 Å². The van der Waals surface area contributed by atoms with Crippen molar-refractivity contribution in [3.63, 3.8) is 0 Å². The number of hydrogen-bond acceptors (Lipinski definition) is 6. The Balaban J connectivity index is -0.000000405. The number of carboxylic acids is 2. The predicted octanol–water partition coefficient (Wildman–Crippen LogP) is -5.62. The normalized spacial score (nSPS) is 13.2. The fourth-order valence-corrected chi connectivity index (χ4v) is 0.258. The smallest absolute Gasteiger partial charge is 0.124 e. The first kappa shape index (κ1) is 17.4. The summed E-state index contributed by atoms with van der Waals surface area (Å²) in [4.78, 5) is 19.3. The summed E-state index contributed by atoms with van der Waals surface area (Å²) in [6.07, 6.45) is -4.88. The largest absolute Gasteiger partial charge is 0.547 e. The van der Waals surface area contributed by atoms with Gasteiger partial charge in [0.05, 0.1) is 11.9 Å². The predicted molar refractivity (Wildman–Crippen MR) is 25.6 cm³/mol. The zero-order valence-electron chi connectivity index (χ0n) is 5.48. The molecule has 0 aliphatic rings. The van der Waals surface area contributed by atoms with Gasteiger partial charge in [0.25, 0.3) is 0 Å². The third-order valence-electron chi connectivity index (χ3n) is 0.782. The minimum Gasteiger partial charge on any atom is -0.547 e. The van der Waals surface area contributed by atoms with E-state index in [1.807, 2.05) is 0 Å². The molecule has 1 radical (unpaired) electrons. The first-order chi connectivity index (χ1) is 4.46. The first-order valence-electron chi connectivity index (χ1n) is 2.24. The molecule has 0 aromatic carbocycles. The molecule has 4 N–H and O–H groups in total. The Hall–Kier alpha value is -0.661. The maximum atomic E-state index is 9.63. The summed E-state index contributed by atoms with van der Waals surface area (Å²) in [6.45, 7) is 0. The van der Waals surface area contributed by atoms with Crippen molar-refractivity contribution in [2.24, 2.45) is 0 Å².